The van der Waals surface area contributed by atoms with E-state index in [1.165, 1.54) is 0 Å². The van der Waals surface area contributed by atoms with Crippen LogP contribution in [0.25, 0.3) is 0 Å². The molecule has 1 aliphatic heterocycles. The molecule has 2 rings (SSSR count). The van der Waals surface area contributed by atoms with E-state index in [1.807, 2.05) is 31.2 Å². The molecular weight excluding hydrogens is 206 g/mol. The second-order valence-corrected chi connectivity index (χ2v) is 3.83. The maximum atomic E-state index is 11.8. The Kier molecular flexibility index (Phi) is 2.90. The molecule has 0 atom stereocenters. The molecule has 0 saturated carbocycles. The molecule has 84 valence electrons. The maximum absolute atomic E-state index is 11.8. The van der Waals surface area contributed by atoms with Crippen molar-refractivity contribution in [2.75, 3.05) is 13.2 Å². The highest BCUT2D eigenvalue weighted by molar-refractivity contribution is 5.94. The fraction of sp³-hybridized carbons (Fsp3) is 0.333. The van der Waals surface area contributed by atoms with Gasteiger partial charge in [-0.15, -0.1) is 0 Å². The summed E-state index contributed by atoms with van der Waals surface area (Å²) in [6.45, 7) is 2.64. The van der Waals surface area contributed by atoms with Crippen molar-refractivity contribution in [3.63, 3.8) is 0 Å². The Hall–Kier alpha value is -1.84. The Bertz CT molecular complexity index is 428. The zero-order valence-corrected chi connectivity index (χ0v) is 9.10. The van der Waals surface area contributed by atoms with E-state index >= 15 is 0 Å². The number of imide groups is 1. The lowest BCUT2D eigenvalue weighted by Crippen LogP contribution is -2.32. The molecule has 0 aliphatic carbocycles. The third kappa shape index (κ3) is 2.21. The minimum atomic E-state index is -0.530. The van der Waals surface area contributed by atoms with Crippen LogP contribution >= 0.6 is 0 Å². The number of hydrogen-bond donors (Lipinski definition) is 0. The second-order valence-electron chi connectivity index (χ2n) is 3.83. The zero-order chi connectivity index (χ0) is 11.5. The lowest BCUT2D eigenvalue weighted by Gasteiger charge is -2.10. The Balaban J connectivity index is 2.04. The van der Waals surface area contributed by atoms with Crippen molar-refractivity contribution in [1.82, 2.24) is 4.90 Å². The lowest BCUT2D eigenvalue weighted by molar-refractivity contribution is -0.127. The van der Waals surface area contributed by atoms with Gasteiger partial charge in [0.1, 0.15) is 6.61 Å². The van der Waals surface area contributed by atoms with Gasteiger partial charge in [0.15, 0.2) is 0 Å². The van der Waals surface area contributed by atoms with Gasteiger partial charge in [0.2, 0.25) is 5.91 Å². The van der Waals surface area contributed by atoms with Crippen LogP contribution in [0.2, 0.25) is 0 Å². The number of benzene rings is 1. The molecule has 1 heterocycles. The number of nitrogens with zero attached hydrogens (tertiary/aromatic N) is 1. The SMILES string of the molecule is Cc1cccc(CC(=O)N2CCOC2=O)c1. The highest BCUT2D eigenvalue weighted by Gasteiger charge is 2.27. The predicted molar refractivity (Wildman–Crippen MR) is 57.9 cm³/mol. The number of carbonyl (C=O) groups is 2. The Labute approximate surface area is 93.8 Å². The summed E-state index contributed by atoms with van der Waals surface area (Å²) in [6.07, 6.45) is -0.283. The monoisotopic (exact) mass is 219 g/mol. The standard InChI is InChI=1S/C12H13NO3/c1-9-3-2-4-10(7-9)8-11(14)13-5-6-16-12(13)15/h2-4,7H,5-6,8H2,1H3. The van der Waals surface area contributed by atoms with Crippen LogP contribution in [0, 0.1) is 6.92 Å². The summed E-state index contributed by atoms with van der Waals surface area (Å²) in [4.78, 5) is 24.1. The van der Waals surface area contributed by atoms with Crippen LogP contribution in [0.5, 0.6) is 0 Å². The largest absolute Gasteiger partial charge is 0.447 e. The number of hydrogen-bond acceptors (Lipinski definition) is 3. The summed E-state index contributed by atoms with van der Waals surface area (Å²) >= 11 is 0. The van der Waals surface area contributed by atoms with E-state index in [0.29, 0.717) is 13.2 Å². The number of cyclic esters (lactones) is 1. The third-order valence-electron chi connectivity index (χ3n) is 2.50. The summed E-state index contributed by atoms with van der Waals surface area (Å²) in [6, 6.07) is 7.70. The van der Waals surface area contributed by atoms with E-state index in [-0.39, 0.29) is 12.3 Å². The molecule has 2 amide bonds. The average Bonchev–Trinajstić information content (AvgIpc) is 2.64. The fourth-order valence-electron chi connectivity index (χ4n) is 1.71. The van der Waals surface area contributed by atoms with E-state index in [9.17, 15) is 9.59 Å². The van der Waals surface area contributed by atoms with Gasteiger partial charge in [0.25, 0.3) is 0 Å². The van der Waals surface area contributed by atoms with Gasteiger partial charge in [-0.05, 0) is 12.5 Å². The van der Waals surface area contributed by atoms with Gasteiger partial charge >= 0.3 is 6.09 Å². The van der Waals surface area contributed by atoms with E-state index in [1.54, 1.807) is 0 Å². The maximum Gasteiger partial charge on any atom is 0.416 e. The minimum absolute atomic E-state index is 0.201. The zero-order valence-electron chi connectivity index (χ0n) is 9.10. The Morgan fingerprint density at radius 2 is 2.31 bits per heavy atom. The van der Waals surface area contributed by atoms with Crippen molar-refractivity contribution >= 4 is 12.0 Å². The van der Waals surface area contributed by atoms with Crippen LogP contribution in [-0.2, 0) is 16.0 Å². The summed E-state index contributed by atoms with van der Waals surface area (Å²) in [5.74, 6) is -0.201. The van der Waals surface area contributed by atoms with Crippen LogP contribution in [0.3, 0.4) is 0 Å². The number of rotatable bonds is 2. The summed E-state index contributed by atoms with van der Waals surface area (Å²) < 4.78 is 4.71. The van der Waals surface area contributed by atoms with E-state index in [4.69, 9.17) is 4.74 Å². The molecule has 0 bridgehead atoms. The molecule has 0 aromatic heterocycles. The molecule has 0 spiro atoms. The van der Waals surface area contributed by atoms with Gasteiger partial charge in [-0.25, -0.2) is 9.69 Å². The molecule has 1 fully saturated rings. The van der Waals surface area contributed by atoms with Crippen LogP contribution in [0.4, 0.5) is 4.79 Å². The molecule has 0 unspecified atom stereocenters. The highest BCUT2D eigenvalue weighted by Crippen LogP contribution is 2.09. The topological polar surface area (TPSA) is 46.6 Å². The van der Waals surface area contributed by atoms with Gasteiger partial charge in [-0.1, -0.05) is 29.8 Å². The van der Waals surface area contributed by atoms with E-state index < -0.39 is 6.09 Å². The molecule has 4 nitrogen and oxygen atoms in total. The molecular formula is C12H13NO3. The summed E-state index contributed by atoms with van der Waals surface area (Å²) in [5, 5.41) is 0. The average molecular weight is 219 g/mol. The predicted octanol–water partition coefficient (Wildman–Crippen LogP) is 1.52. The number of aryl methyl sites for hydroxylation is 1. The highest BCUT2D eigenvalue weighted by atomic mass is 16.6. The molecule has 4 heteroatoms. The van der Waals surface area contributed by atoms with Crippen LogP contribution in [0.1, 0.15) is 11.1 Å². The molecule has 1 aromatic rings. The van der Waals surface area contributed by atoms with Crippen LogP contribution in [0.15, 0.2) is 24.3 Å². The van der Waals surface area contributed by atoms with E-state index in [2.05, 4.69) is 0 Å². The second kappa shape index (κ2) is 4.35. The van der Waals surface area contributed by atoms with Gasteiger partial charge < -0.3 is 4.74 Å². The first-order valence-corrected chi connectivity index (χ1v) is 5.19. The summed E-state index contributed by atoms with van der Waals surface area (Å²) in [5.41, 5.74) is 2.03. The first-order valence-electron chi connectivity index (χ1n) is 5.19. The van der Waals surface area contributed by atoms with Crippen molar-refractivity contribution < 1.29 is 14.3 Å². The molecule has 1 saturated heterocycles. The molecule has 16 heavy (non-hydrogen) atoms. The lowest BCUT2D eigenvalue weighted by atomic mass is 10.1. The quantitative estimate of drug-likeness (QED) is 0.757. The molecule has 1 aromatic carbocycles. The van der Waals surface area contributed by atoms with Crippen molar-refractivity contribution in [2.45, 2.75) is 13.3 Å². The molecule has 1 aliphatic rings. The fourth-order valence-corrected chi connectivity index (χ4v) is 1.71. The summed E-state index contributed by atoms with van der Waals surface area (Å²) in [7, 11) is 0. The number of amides is 2. The van der Waals surface area contributed by atoms with Crippen molar-refractivity contribution in [1.29, 1.82) is 0 Å². The number of ether oxygens (including phenoxy) is 1. The first-order chi connectivity index (χ1) is 7.66. The van der Waals surface area contributed by atoms with Crippen molar-refractivity contribution in [3.8, 4) is 0 Å². The normalized spacial score (nSPS) is 15.1. The van der Waals surface area contributed by atoms with Gasteiger partial charge in [0.05, 0.1) is 13.0 Å². The van der Waals surface area contributed by atoms with Crippen molar-refractivity contribution in [3.05, 3.63) is 35.4 Å². The van der Waals surface area contributed by atoms with E-state index in [0.717, 1.165) is 16.0 Å². The minimum Gasteiger partial charge on any atom is -0.447 e. The van der Waals surface area contributed by atoms with Gasteiger partial charge in [-0.3, -0.25) is 4.79 Å². The van der Waals surface area contributed by atoms with Crippen LogP contribution in [-0.4, -0.2) is 30.1 Å². The molecule has 0 radical (unpaired) electrons. The smallest absolute Gasteiger partial charge is 0.416 e. The Morgan fingerprint density at radius 1 is 1.50 bits per heavy atom. The number of carbonyl (C=O) groups excluding carboxylic acids is 2. The molecule has 0 N–H and O–H groups in total. The first kappa shape index (κ1) is 10.7. The van der Waals surface area contributed by atoms with Crippen LogP contribution < -0.4 is 0 Å². The third-order valence-corrected chi connectivity index (χ3v) is 2.50. The van der Waals surface area contributed by atoms with Gasteiger partial charge in [0, 0.05) is 0 Å². The Morgan fingerprint density at radius 3 is 2.94 bits per heavy atom. The van der Waals surface area contributed by atoms with Gasteiger partial charge in [-0.2, -0.15) is 0 Å². The van der Waals surface area contributed by atoms with Crippen molar-refractivity contribution in [2.24, 2.45) is 0 Å².